The molecule has 2 atom stereocenters. The van der Waals surface area contributed by atoms with E-state index in [0.717, 1.165) is 12.3 Å². The van der Waals surface area contributed by atoms with Crippen molar-refractivity contribution in [1.29, 1.82) is 0 Å². The highest BCUT2D eigenvalue weighted by Gasteiger charge is 2.30. The van der Waals surface area contributed by atoms with Gasteiger partial charge >= 0.3 is 6.18 Å². The lowest BCUT2D eigenvalue weighted by molar-refractivity contribution is -0.137. The second-order valence-corrected chi connectivity index (χ2v) is 4.88. The van der Waals surface area contributed by atoms with Crippen LogP contribution in [0.2, 0.25) is 0 Å². The maximum Gasteiger partial charge on any atom is 0.417 e. The van der Waals surface area contributed by atoms with E-state index in [1.165, 1.54) is 6.07 Å². The average molecular weight is 282 g/mol. The van der Waals surface area contributed by atoms with Crippen molar-refractivity contribution < 1.29 is 13.2 Å². The van der Waals surface area contributed by atoms with Gasteiger partial charge in [-0.05, 0) is 12.1 Å². The monoisotopic (exact) mass is 281 g/mol. The minimum atomic E-state index is -4.31. The van der Waals surface area contributed by atoms with Crippen LogP contribution < -0.4 is 0 Å². The Hall–Kier alpha value is -0.580. The Morgan fingerprint density at radius 3 is 2.20 bits per heavy atom. The first kappa shape index (κ1) is 12.5. The summed E-state index contributed by atoms with van der Waals surface area (Å²) in [4.78, 5) is 4.00. The SMILES string of the molecule is CC(Br)C(C)c1ccc(C(F)(F)F)cn1. The summed E-state index contributed by atoms with van der Waals surface area (Å²) in [5, 5.41) is 0. The summed E-state index contributed by atoms with van der Waals surface area (Å²) < 4.78 is 36.7. The maximum atomic E-state index is 12.2. The van der Waals surface area contributed by atoms with Gasteiger partial charge in [-0.15, -0.1) is 0 Å². The van der Waals surface area contributed by atoms with Gasteiger partial charge in [0.1, 0.15) is 0 Å². The fourth-order valence-electron chi connectivity index (χ4n) is 1.08. The third kappa shape index (κ3) is 3.19. The summed E-state index contributed by atoms with van der Waals surface area (Å²) in [6.07, 6.45) is -3.43. The van der Waals surface area contributed by atoms with E-state index in [2.05, 4.69) is 20.9 Å². The van der Waals surface area contributed by atoms with E-state index in [9.17, 15) is 13.2 Å². The zero-order chi connectivity index (χ0) is 11.6. The number of halogens is 4. The number of alkyl halides is 4. The number of rotatable bonds is 2. The fourth-order valence-corrected chi connectivity index (χ4v) is 1.35. The minimum Gasteiger partial charge on any atom is -0.260 e. The van der Waals surface area contributed by atoms with Crippen LogP contribution in [-0.2, 0) is 6.18 Å². The Balaban J connectivity index is 2.91. The van der Waals surface area contributed by atoms with Crippen molar-refractivity contribution >= 4 is 15.9 Å². The van der Waals surface area contributed by atoms with Gasteiger partial charge in [0.15, 0.2) is 0 Å². The topological polar surface area (TPSA) is 12.9 Å². The molecule has 0 spiro atoms. The molecule has 0 aliphatic carbocycles. The van der Waals surface area contributed by atoms with E-state index in [0.29, 0.717) is 5.69 Å². The molecule has 0 aliphatic heterocycles. The number of pyridine rings is 1. The molecule has 0 radical (unpaired) electrons. The van der Waals surface area contributed by atoms with Crippen molar-refractivity contribution in [1.82, 2.24) is 4.98 Å². The van der Waals surface area contributed by atoms with Crippen LogP contribution in [-0.4, -0.2) is 9.81 Å². The Bertz CT molecular complexity index is 318. The molecule has 0 saturated carbocycles. The molecule has 0 fully saturated rings. The summed E-state index contributed by atoms with van der Waals surface area (Å²) in [5.41, 5.74) is -0.0481. The van der Waals surface area contributed by atoms with Crippen molar-refractivity contribution in [2.24, 2.45) is 0 Å². The Morgan fingerprint density at radius 1 is 1.27 bits per heavy atom. The molecule has 0 N–H and O–H groups in total. The van der Waals surface area contributed by atoms with Crippen molar-refractivity contribution in [3.8, 4) is 0 Å². The second kappa shape index (κ2) is 4.51. The molecule has 0 bridgehead atoms. The summed E-state index contributed by atoms with van der Waals surface area (Å²) in [6.45, 7) is 3.85. The fraction of sp³-hybridized carbons (Fsp3) is 0.500. The molecule has 0 amide bonds. The van der Waals surface area contributed by atoms with E-state index >= 15 is 0 Å². The van der Waals surface area contributed by atoms with E-state index in [-0.39, 0.29) is 10.7 Å². The molecule has 5 heteroatoms. The third-order valence-electron chi connectivity index (χ3n) is 2.27. The molecule has 1 aromatic rings. The lowest BCUT2D eigenvalue weighted by atomic mass is 10.0. The van der Waals surface area contributed by atoms with Gasteiger partial charge < -0.3 is 0 Å². The largest absolute Gasteiger partial charge is 0.417 e. The Kier molecular flexibility index (Phi) is 3.76. The molecule has 0 aromatic carbocycles. The molecule has 1 aromatic heterocycles. The number of aromatic nitrogens is 1. The van der Waals surface area contributed by atoms with Crippen LogP contribution in [0.25, 0.3) is 0 Å². The molecule has 1 nitrogen and oxygen atoms in total. The van der Waals surface area contributed by atoms with E-state index in [1.54, 1.807) is 0 Å². The predicted octanol–water partition coefficient (Wildman–Crippen LogP) is 3.99. The maximum absolute atomic E-state index is 12.2. The zero-order valence-corrected chi connectivity index (χ0v) is 9.93. The van der Waals surface area contributed by atoms with E-state index < -0.39 is 11.7 Å². The van der Waals surface area contributed by atoms with Crippen LogP contribution in [0.15, 0.2) is 18.3 Å². The first-order valence-corrected chi connectivity index (χ1v) is 5.41. The second-order valence-electron chi connectivity index (χ2n) is 3.44. The number of hydrogen-bond donors (Lipinski definition) is 0. The van der Waals surface area contributed by atoms with Crippen LogP contribution in [0.5, 0.6) is 0 Å². The van der Waals surface area contributed by atoms with Crippen LogP contribution in [0.3, 0.4) is 0 Å². The van der Waals surface area contributed by atoms with Crippen LogP contribution in [0.4, 0.5) is 13.2 Å². The summed E-state index contributed by atoms with van der Waals surface area (Å²) in [6, 6.07) is 2.49. The van der Waals surface area contributed by atoms with Gasteiger partial charge in [-0.25, -0.2) is 0 Å². The molecule has 0 aliphatic rings. The van der Waals surface area contributed by atoms with Gasteiger partial charge in [-0.3, -0.25) is 4.98 Å². The molecule has 84 valence electrons. The quantitative estimate of drug-likeness (QED) is 0.747. The summed E-state index contributed by atoms with van der Waals surface area (Å²) >= 11 is 3.37. The van der Waals surface area contributed by atoms with Crippen molar-refractivity contribution in [3.63, 3.8) is 0 Å². The molecule has 1 heterocycles. The third-order valence-corrected chi connectivity index (χ3v) is 3.06. The van der Waals surface area contributed by atoms with Crippen LogP contribution in [0.1, 0.15) is 31.0 Å². The van der Waals surface area contributed by atoms with Crippen molar-refractivity contribution in [2.75, 3.05) is 0 Å². The van der Waals surface area contributed by atoms with Gasteiger partial charge in [-0.1, -0.05) is 29.8 Å². The molecular formula is C10H11BrF3N. The standard InChI is InChI=1S/C10H11BrF3N/c1-6(7(2)11)9-4-3-8(5-15-9)10(12,13)14/h3-7H,1-2H3. The molecule has 0 saturated heterocycles. The minimum absolute atomic E-state index is 0.0901. The zero-order valence-electron chi connectivity index (χ0n) is 8.35. The highest BCUT2D eigenvalue weighted by atomic mass is 79.9. The molecular weight excluding hydrogens is 271 g/mol. The van der Waals surface area contributed by atoms with Crippen LogP contribution >= 0.6 is 15.9 Å². The molecule has 15 heavy (non-hydrogen) atoms. The van der Waals surface area contributed by atoms with Gasteiger partial charge in [0.2, 0.25) is 0 Å². The Morgan fingerprint density at radius 2 is 1.87 bits per heavy atom. The molecule has 1 rings (SSSR count). The smallest absolute Gasteiger partial charge is 0.260 e. The predicted molar refractivity (Wildman–Crippen MR) is 56.0 cm³/mol. The summed E-state index contributed by atoms with van der Waals surface area (Å²) in [5.74, 6) is 0.0901. The summed E-state index contributed by atoms with van der Waals surface area (Å²) in [7, 11) is 0. The lowest BCUT2D eigenvalue weighted by Crippen LogP contribution is -2.09. The van der Waals surface area contributed by atoms with E-state index in [1.807, 2.05) is 13.8 Å². The average Bonchev–Trinajstić information content (AvgIpc) is 2.15. The molecule has 2 unspecified atom stereocenters. The number of nitrogens with zero attached hydrogens (tertiary/aromatic N) is 1. The first-order valence-electron chi connectivity index (χ1n) is 4.49. The lowest BCUT2D eigenvalue weighted by Gasteiger charge is -2.14. The highest BCUT2D eigenvalue weighted by Crippen LogP contribution is 2.30. The van der Waals surface area contributed by atoms with Gasteiger partial charge in [0, 0.05) is 22.6 Å². The van der Waals surface area contributed by atoms with Gasteiger partial charge in [0.05, 0.1) is 5.56 Å². The highest BCUT2D eigenvalue weighted by molar-refractivity contribution is 9.09. The van der Waals surface area contributed by atoms with Gasteiger partial charge in [-0.2, -0.15) is 13.2 Å². The van der Waals surface area contributed by atoms with Crippen molar-refractivity contribution in [3.05, 3.63) is 29.6 Å². The first-order chi connectivity index (χ1) is 6.82. The Labute approximate surface area is 94.8 Å². The van der Waals surface area contributed by atoms with Crippen molar-refractivity contribution in [2.45, 2.75) is 30.8 Å². The van der Waals surface area contributed by atoms with E-state index in [4.69, 9.17) is 0 Å². The van der Waals surface area contributed by atoms with Crippen LogP contribution in [0, 0.1) is 0 Å². The normalized spacial score (nSPS) is 16.1. The van der Waals surface area contributed by atoms with Gasteiger partial charge in [0.25, 0.3) is 0 Å². The number of hydrogen-bond acceptors (Lipinski definition) is 1.